The minimum Gasteiger partial charge on any atom is -0.398 e. The van der Waals surface area contributed by atoms with Crippen molar-refractivity contribution in [2.24, 2.45) is 7.05 Å². The molecular weight excluding hydrogens is 267 g/mol. The van der Waals surface area contributed by atoms with Crippen molar-refractivity contribution in [2.45, 2.75) is 16.2 Å². The number of aromatic nitrogens is 4. The lowest BCUT2D eigenvalue weighted by Crippen LogP contribution is -2.06. The molecule has 18 heavy (non-hydrogen) atoms. The summed E-state index contributed by atoms with van der Waals surface area (Å²) in [5, 5.41) is 11.2. The highest BCUT2D eigenvalue weighted by Crippen LogP contribution is 2.35. The Bertz CT molecular complexity index is 566. The number of tetrazole rings is 1. The number of aryl methyl sites for hydroxylation is 1. The van der Waals surface area contributed by atoms with Crippen molar-refractivity contribution < 1.29 is 13.2 Å². The van der Waals surface area contributed by atoms with Crippen LogP contribution in [0.5, 0.6) is 0 Å². The number of nitrogen functional groups attached to an aromatic ring is 1. The summed E-state index contributed by atoms with van der Waals surface area (Å²) in [5.41, 5.74) is 4.85. The summed E-state index contributed by atoms with van der Waals surface area (Å²) in [7, 11) is 1.63. The van der Waals surface area contributed by atoms with Gasteiger partial charge in [0.25, 0.3) is 0 Å². The van der Waals surface area contributed by atoms with Crippen LogP contribution in [-0.4, -0.2) is 20.2 Å². The van der Waals surface area contributed by atoms with Crippen LogP contribution < -0.4 is 5.73 Å². The fourth-order valence-corrected chi connectivity index (χ4v) is 1.98. The maximum Gasteiger partial charge on any atom is 0.416 e. The van der Waals surface area contributed by atoms with Gasteiger partial charge in [0.05, 0.1) is 5.56 Å². The largest absolute Gasteiger partial charge is 0.416 e. The lowest BCUT2D eigenvalue weighted by atomic mass is 10.2. The normalized spacial score (nSPS) is 11.8. The molecule has 96 valence electrons. The fourth-order valence-electron chi connectivity index (χ4n) is 1.22. The van der Waals surface area contributed by atoms with Gasteiger partial charge in [-0.3, -0.25) is 0 Å². The highest BCUT2D eigenvalue weighted by molar-refractivity contribution is 7.99. The molecule has 0 saturated carbocycles. The van der Waals surface area contributed by atoms with Gasteiger partial charge in [-0.25, -0.2) is 4.68 Å². The predicted molar refractivity (Wildman–Crippen MR) is 58.8 cm³/mol. The van der Waals surface area contributed by atoms with E-state index in [0.29, 0.717) is 10.1 Å². The Labute approximate surface area is 104 Å². The van der Waals surface area contributed by atoms with Gasteiger partial charge in [-0.2, -0.15) is 13.2 Å². The molecule has 2 rings (SSSR count). The molecule has 1 heterocycles. The van der Waals surface area contributed by atoms with Gasteiger partial charge in [0, 0.05) is 17.6 Å². The Kier molecular flexibility index (Phi) is 3.16. The summed E-state index contributed by atoms with van der Waals surface area (Å²) in [4.78, 5) is 0.473. The van der Waals surface area contributed by atoms with E-state index in [1.807, 2.05) is 0 Å². The predicted octanol–water partition coefficient (Wildman–Crippen LogP) is 1.96. The van der Waals surface area contributed by atoms with Crippen LogP contribution in [0.1, 0.15) is 5.56 Å². The second-order valence-corrected chi connectivity index (χ2v) is 4.45. The third-order valence-electron chi connectivity index (χ3n) is 2.12. The molecule has 0 atom stereocenters. The monoisotopic (exact) mass is 275 g/mol. The van der Waals surface area contributed by atoms with Crippen molar-refractivity contribution in [3.8, 4) is 0 Å². The molecule has 1 aromatic carbocycles. The van der Waals surface area contributed by atoms with Gasteiger partial charge in [0.15, 0.2) is 0 Å². The molecule has 2 aromatic rings. The SMILES string of the molecule is Cn1nnnc1Sc1ccc(C(F)(F)F)cc1N. The Hall–Kier alpha value is -1.77. The van der Waals surface area contributed by atoms with Crippen LogP contribution in [-0.2, 0) is 13.2 Å². The third kappa shape index (κ3) is 2.55. The molecule has 0 aliphatic rings. The van der Waals surface area contributed by atoms with Crippen molar-refractivity contribution in [3.63, 3.8) is 0 Å². The summed E-state index contributed by atoms with van der Waals surface area (Å²) in [6.45, 7) is 0. The molecule has 0 saturated heterocycles. The van der Waals surface area contributed by atoms with E-state index in [1.54, 1.807) is 7.05 Å². The maximum atomic E-state index is 12.4. The van der Waals surface area contributed by atoms with E-state index in [-0.39, 0.29) is 5.69 Å². The van der Waals surface area contributed by atoms with Crippen LogP contribution in [0.15, 0.2) is 28.3 Å². The van der Waals surface area contributed by atoms with Gasteiger partial charge in [0.1, 0.15) is 0 Å². The maximum absolute atomic E-state index is 12.4. The minimum atomic E-state index is -4.40. The van der Waals surface area contributed by atoms with Crippen molar-refractivity contribution in [1.29, 1.82) is 0 Å². The quantitative estimate of drug-likeness (QED) is 0.848. The average molecular weight is 275 g/mol. The molecule has 5 nitrogen and oxygen atoms in total. The van der Waals surface area contributed by atoms with Crippen LogP contribution in [0.2, 0.25) is 0 Å². The Balaban J connectivity index is 2.29. The number of nitrogens with two attached hydrogens (primary N) is 1. The highest BCUT2D eigenvalue weighted by atomic mass is 32.2. The number of halogens is 3. The van der Waals surface area contributed by atoms with Gasteiger partial charge in [-0.15, -0.1) is 5.10 Å². The van der Waals surface area contributed by atoms with Crippen LogP contribution in [0.4, 0.5) is 18.9 Å². The van der Waals surface area contributed by atoms with Crippen molar-refractivity contribution in [1.82, 2.24) is 20.2 Å². The first kappa shape index (κ1) is 12.7. The minimum absolute atomic E-state index is 0.0397. The fraction of sp³-hybridized carbons (Fsp3) is 0.222. The number of hydrogen-bond acceptors (Lipinski definition) is 5. The van der Waals surface area contributed by atoms with Crippen LogP contribution >= 0.6 is 11.8 Å². The second kappa shape index (κ2) is 4.48. The van der Waals surface area contributed by atoms with Crippen LogP contribution in [0.3, 0.4) is 0 Å². The first-order valence-electron chi connectivity index (χ1n) is 4.75. The first-order valence-corrected chi connectivity index (χ1v) is 5.56. The summed E-state index contributed by atoms with van der Waals surface area (Å²) in [6, 6.07) is 3.17. The zero-order valence-electron chi connectivity index (χ0n) is 9.14. The van der Waals surface area contributed by atoms with E-state index in [1.165, 1.54) is 10.7 Å². The topological polar surface area (TPSA) is 69.6 Å². The summed E-state index contributed by atoms with van der Waals surface area (Å²) in [5.74, 6) is 0. The number of alkyl halides is 3. The van der Waals surface area contributed by atoms with Gasteiger partial charge in [0.2, 0.25) is 5.16 Å². The van der Waals surface area contributed by atoms with Crippen LogP contribution in [0, 0.1) is 0 Å². The molecular formula is C9H8F3N5S. The lowest BCUT2D eigenvalue weighted by Gasteiger charge is -2.09. The van der Waals surface area contributed by atoms with Crippen molar-refractivity contribution >= 4 is 17.4 Å². The number of hydrogen-bond donors (Lipinski definition) is 1. The zero-order chi connectivity index (χ0) is 13.3. The summed E-state index contributed by atoms with van der Waals surface area (Å²) >= 11 is 1.10. The van der Waals surface area contributed by atoms with Gasteiger partial charge >= 0.3 is 6.18 Å². The Morgan fingerprint density at radius 2 is 2.06 bits per heavy atom. The molecule has 1 aromatic heterocycles. The van der Waals surface area contributed by atoms with Gasteiger partial charge in [-0.1, -0.05) is 0 Å². The second-order valence-electron chi connectivity index (χ2n) is 3.44. The smallest absolute Gasteiger partial charge is 0.398 e. The van der Waals surface area contributed by atoms with Crippen LogP contribution in [0.25, 0.3) is 0 Å². The number of rotatable bonds is 2. The van der Waals surface area contributed by atoms with Gasteiger partial charge in [-0.05, 0) is 40.4 Å². The summed E-state index contributed by atoms with van der Waals surface area (Å²) < 4.78 is 38.7. The van der Waals surface area contributed by atoms with Crippen molar-refractivity contribution in [3.05, 3.63) is 23.8 Å². The Morgan fingerprint density at radius 3 is 2.56 bits per heavy atom. The average Bonchev–Trinajstić information content (AvgIpc) is 2.66. The molecule has 0 amide bonds. The number of nitrogens with zero attached hydrogens (tertiary/aromatic N) is 4. The van der Waals surface area contributed by atoms with Gasteiger partial charge < -0.3 is 5.73 Å². The summed E-state index contributed by atoms with van der Waals surface area (Å²) in [6.07, 6.45) is -4.40. The number of anilines is 1. The molecule has 0 unspecified atom stereocenters. The van der Waals surface area contributed by atoms with E-state index >= 15 is 0 Å². The standard InChI is InChI=1S/C9H8F3N5S/c1-17-8(14-15-16-17)18-7-3-2-5(4-6(7)13)9(10,11)12/h2-4H,13H2,1H3. The molecule has 0 aliphatic heterocycles. The lowest BCUT2D eigenvalue weighted by molar-refractivity contribution is -0.137. The zero-order valence-corrected chi connectivity index (χ0v) is 9.96. The molecule has 0 bridgehead atoms. The molecule has 0 aliphatic carbocycles. The van der Waals surface area contributed by atoms with E-state index in [0.717, 1.165) is 23.9 Å². The molecule has 9 heteroatoms. The highest BCUT2D eigenvalue weighted by Gasteiger charge is 2.30. The van der Waals surface area contributed by atoms with E-state index in [9.17, 15) is 13.2 Å². The Morgan fingerprint density at radius 1 is 1.33 bits per heavy atom. The molecule has 0 fully saturated rings. The van der Waals surface area contributed by atoms with E-state index in [2.05, 4.69) is 15.5 Å². The molecule has 0 radical (unpaired) electrons. The number of benzene rings is 1. The molecule has 0 spiro atoms. The third-order valence-corrected chi connectivity index (χ3v) is 3.24. The first-order chi connectivity index (χ1) is 8.38. The van der Waals surface area contributed by atoms with E-state index < -0.39 is 11.7 Å². The molecule has 2 N–H and O–H groups in total. The van der Waals surface area contributed by atoms with Crippen molar-refractivity contribution in [2.75, 3.05) is 5.73 Å². The van der Waals surface area contributed by atoms with E-state index in [4.69, 9.17) is 5.73 Å².